The third-order valence-corrected chi connectivity index (χ3v) is 2.19. The van der Waals surface area contributed by atoms with E-state index in [4.69, 9.17) is 9.47 Å². The average molecular weight is 184 g/mol. The fraction of sp³-hybridized carbons (Fsp3) is 0.700. The van der Waals surface area contributed by atoms with Gasteiger partial charge in [-0.15, -0.1) is 0 Å². The predicted molar refractivity (Wildman–Crippen MR) is 49.3 cm³/mol. The van der Waals surface area contributed by atoms with Gasteiger partial charge in [0.25, 0.3) is 0 Å². The van der Waals surface area contributed by atoms with Gasteiger partial charge in [-0.25, -0.2) is 0 Å². The quantitative estimate of drug-likeness (QED) is 0.610. The summed E-state index contributed by atoms with van der Waals surface area (Å²) in [5.74, 6) is 0. The van der Waals surface area contributed by atoms with Crippen molar-refractivity contribution in [2.45, 2.75) is 38.6 Å². The molecule has 0 aromatic rings. The molecular weight excluding hydrogens is 168 g/mol. The van der Waals surface area contributed by atoms with Gasteiger partial charge in [0.05, 0.1) is 6.10 Å². The summed E-state index contributed by atoms with van der Waals surface area (Å²) in [7, 11) is 1.58. The summed E-state index contributed by atoms with van der Waals surface area (Å²) in [6.07, 6.45) is 5.31. The van der Waals surface area contributed by atoms with Crippen molar-refractivity contribution in [3.63, 3.8) is 0 Å². The third-order valence-electron chi connectivity index (χ3n) is 2.19. The maximum absolute atomic E-state index is 10.6. The first kappa shape index (κ1) is 10.4. The van der Waals surface area contributed by atoms with E-state index >= 15 is 0 Å². The van der Waals surface area contributed by atoms with Crippen LogP contribution in [0.1, 0.15) is 26.2 Å². The maximum atomic E-state index is 10.6. The highest BCUT2D eigenvalue weighted by Crippen LogP contribution is 2.22. The third kappa shape index (κ3) is 2.64. The molecular formula is C10H16O3. The van der Waals surface area contributed by atoms with Crippen LogP contribution in [0.15, 0.2) is 11.6 Å². The normalized spacial score (nSPS) is 27.4. The van der Waals surface area contributed by atoms with Crippen LogP contribution in [0.4, 0.5) is 0 Å². The number of hydrogen-bond donors (Lipinski definition) is 0. The molecule has 0 aliphatic carbocycles. The Kier molecular flexibility index (Phi) is 4.12. The second-order valence-electron chi connectivity index (χ2n) is 3.16. The zero-order valence-electron chi connectivity index (χ0n) is 8.16. The molecule has 1 aliphatic rings. The van der Waals surface area contributed by atoms with Gasteiger partial charge in [0.1, 0.15) is 6.29 Å². The molecule has 1 heterocycles. The fourth-order valence-electron chi connectivity index (χ4n) is 1.41. The highest BCUT2D eigenvalue weighted by Gasteiger charge is 2.25. The topological polar surface area (TPSA) is 35.5 Å². The molecule has 0 amide bonds. The van der Waals surface area contributed by atoms with Crippen molar-refractivity contribution < 1.29 is 14.3 Å². The van der Waals surface area contributed by atoms with Crippen LogP contribution >= 0.6 is 0 Å². The SMILES string of the molecule is CCCC[C@H]1O[C@H](OC)C=C1C=O. The fourth-order valence-corrected chi connectivity index (χ4v) is 1.41. The molecule has 0 unspecified atom stereocenters. The van der Waals surface area contributed by atoms with Gasteiger partial charge in [0.15, 0.2) is 6.29 Å². The molecule has 1 rings (SSSR count). The standard InChI is InChI=1S/C10H16O3/c1-3-4-5-9-8(7-11)6-10(12-2)13-9/h6-7,9-10H,3-5H2,1-2H3/t9-,10+/m1/s1. The zero-order valence-corrected chi connectivity index (χ0v) is 8.16. The maximum Gasteiger partial charge on any atom is 0.178 e. The molecule has 3 heteroatoms. The van der Waals surface area contributed by atoms with Crippen LogP contribution in [0.3, 0.4) is 0 Å². The van der Waals surface area contributed by atoms with Crippen LogP contribution in [0.25, 0.3) is 0 Å². The molecule has 0 bridgehead atoms. The largest absolute Gasteiger partial charge is 0.352 e. The van der Waals surface area contributed by atoms with E-state index in [0.29, 0.717) is 0 Å². The first-order chi connectivity index (χ1) is 6.31. The summed E-state index contributed by atoms with van der Waals surface area (Å²) in [4.78, 5) is 10.6. The van der Waals surface area contributed by atoms with Crippen molar-refractivity contribution in [2.24, 2.45) is 0 Å². The summed E-state index contributed by atoms with van der Waals surface area (Å²) in [5.41, 5.74) is 0.723. The highest BCUT2D eigenvalue weighted by molar-refractivity contribution is 5.75. The average Bonchev–Trinajstić information content (AvgIpc) is 2.57. The van der Waals surface area contributed by atoms with Crippen molar-refractivity contribution in [3.8, 4) is 0 Å². The molecule has 0 saturated heterocycles. The number of unbranched alkanes of at least 4 members (excludes halogenated alkanes) is 1. The lowest BCUT2D eigenvalue weighted by Gasteiger charge is -2.13. The van der Waals surface area contributed by atoms with E-state index < -0.39 is 0 Å². The van der Waals surface area contributed by atoms with E-state index in [2.05, 4.69) is 6.92 Å². The number of carbonyl (C=O) groups is 1. The van der Waals surface area contributed by atoms with Gasteiger partial charge in [-0.1, -0.05) is 19.8 Å². The van der Waals surface area contributed by atoms with Crippen molar-refractivity contribution in [2.75, 3.05) is 7.11 Å². The Morgan fingerprint density at radius 1 is 1.69 bits per heavy atom. The van der Waals surface area contributed by atoms with Crippen LogP contribution in [0.5, 0.6) is 0 Å². The molecule has 74 valence electrons. The van der Waals surface area contributed by atoms with Crippen LogP contribution in [0, 0.1) is 0 Å². The minimum atomic E-state index is -0.331. The van der Waals surface area contributed by atoms with Crippen molar-refractivity contribution in [3.05, 3.63) is 11.6 Å². The molecule has 13 heavy (non-hydrogen) atoms. The Labute approximate surface area is 78.7 Å². The smallest absolute Gasteiger partial charge is 0.178 e. The molecule has 0 aromatic heterocycles. The zero-order chi connectivity index (χ0) is 9.68. The lowest BCUT2D eigenvalue weighted by molar-refractivity contribution is -0.110. The number of rotatable bonds is 5. The number of ether oxygens (including phenoxy) is 2. The second kappa shape index (κ2) is 5.14. The highest BCUT2D eigenvalue weighted by atomic mass is 16.7. The number of aldehydes is 1. The van der Waals surface area contributed by atoms with E-state index in [-0.39, 0.29) is 12.4 Å². The van der Waals surface area contributed by atoms with Gasteiger partial charge in [0, 0.05) is 12.7 Å². The lowest BCUT2D eigenvalue weighted by atomic mass is 10.1. The van der Waals surface area contributed by atoms with Crippen LogP contribution < -0.4 is 0 Å². The second-order valence-corrected chi connectivity index (χ2v) is 3.16. The Balaban J connectivity index is 2.47. The Hall–Kier alpha value is -0.670. The Morgan fingerprint density at radius 2 is 2.46 bits per heavy atom. The van der Waals surface area contributed by atoms with Crippen LogP contribution in [-0.2, 0) is 14.3 Å². The number of hydrogen-bond acceptors (Lipinski definition) is 3. The predicted octanol–water partition coefficient (Wildman–Crippen LogP) is 1.67. The molecule has 0 radical (unpaired) electrons. The Morgan fingerprint density at radius 3 is 3.00 bits per heavy atom. The summed E-state index contributed by atoms with van der Waals surface area (Å²) in [6, 6.07) is 0. The first-order valence-corrected chi connectivity index (χ1v) is 4.67. The van der Waals surface area contributed by atoms with Gasteiger partial charge in [0.2, 0.25) is 0 Å². The van der Waals surface area contributed by atoms with Gasteiger partial charge >= 0.3 is 0 Å². The van der Waals surface area contributed by atoms with Crippen molar-refractivity contribution in [1.82, 2.24) is 0 Å². The first-order valence-electron chi connectivity index (χ1n) is 4.67. The minimum Gasteiger partial charge on any atom is -0.352 e. The number of carbonyl (C=O) groups excluding carboxylic acids is 1. The molecule has 0 fully saturated rings. The molecule has 1 aliphatic heterocycles. The van der Waals surface area contributed by atoms with E-state index in [1.807, 2.05) is 0 Å². The molecule has 0 aromatic carbocycles. The van der Waals surface area contributed by atoms with Gasteiger partial charge in [-0.3, -0.25) is 4.79 Å². The van der Waals surface area contributed by atoms with Gasteiger partial charge in [-0.2, -0.15) is 0 Å². The van der Waals surface area contributed by atoms with Crippen molar-refractivity contribution in [1.29, 1.82) is 0 Å². The lowest BCUT2D eigenvalue weighted by Crippen LogP contribution is -2.15. The van der Waals surface area contributed by atoms with Gasteiger partial charge in [-0.05, 0) is 12.5 Å². The van der Waals surface area contributed by atoms with Crippen LogP contribution in [-0.4, -0.2) is 25.8 Å². The molecule has 3 nitrogen and oxygen atoms in total. The summed E-state index contributed by atoms with van der Waals surface area (Å²) in [6.45, 7) is 2.12. The molecule has 0 N–H and O–H groups in total. The van der Waals surface area contributed by atoms with E-state index in [1.165, 1.54) is 0 Å². The van der Waals surface area contributed by atoms with Crippen LogP contribution in [0.2, 0.25) is 0 Å². The summed E-state index contributed by atoms with van der Waals surface area (Å²) in [5, 5.41) is 0. The van der Waals surface area contributed by atoms with E-state index in [1.54, 1.807) is 13.2 Å². The van der Waals surface area contributed by atoms with E-state index in [0.717, 1.165) is 31.1 Å². The van der Waals surface area contributed by atoms with Gasteiger partial charge < -0.3 is 9.47 Å². The number of methoxy groups -OCH3 is 1. The summed E-state index contributed by atoms with van der Waals surface area (Å²) < 4.78 is 10.5. The molecule has 2 atom stereocenters. The van der Waals surface area contributed by atoms with Crippen molar-refractivity contribution >= 4 is 6.29 Å². The molecule has 0 saturated carbocycles. The molecule has 0 spiro atoms. The Bertz CT molecular complexity index is 198. The minimum absolute atomic E-state index is 0.0533. The summed E-state index contributed by atoms with van der Waals surface area (Å²) >= 11 is 0. The monoisotopic (exact) mass is 184 g/mol. The van der Waals surface area contributed by atoms with E-state index in [9.17, 15) is 4.79 Å².